The molecule has 0 radical (unpaired) electrons. The summed E-state index contributed by atoms with van der Waals surface area (Å²) < 4.78 is 1.76. The Labute approximate surface area is 120 Å². The van der Waals surface area contributed by atoms with E-state index in [0.29, 0.717) is 5.92 Å². The molecule has 0 saturated carbocycles. The maximum atomic E-state index is 12.5. The Hall–Kier alpha value is -1.90. The van der Waals surface area contributed by atoms with Crippen molar-refractivity contribution in [1.82, 2.24) is 9.55 Å². The molecule has 20 heavy (non-hydrogen) atoms. The van der Waals surface area contributed by atoms with Crippen LogP contribution < -0.4 is 5.56 Å². The summed E-state index contributed by atoms with van der Waals surface area (Å²) in [6.45, 7) is 12.2. The van der Waals surface area contributed by atoms with Gasteiger partial charge >= 0.3 is 0 Å². The van der Waals surface area contributed by atoms with Gasteiger partial charge in [0.05, 0.1) is 11.9 Å². The maximum Gasteiger partial charge on any atom is 0.258 e. The van der Waals surface area contributed by atoms with E-state index in [2.05, 4.69) is 25.8 Å². The van der Waals surface area contributed by atoms with Gasteiger partial charge in [0, 0.05) is 17.0 Å². The van der Waals surface area contributed by atoms with E-state index in [9.17, 15) is 4.79 Å². The molecule has 0 amide bonds. The first kappa shape index (κ1) is 14.5. The number of rotatable bonds is 2. The maximum absolute atomic E-state index is 12.5. The van der Waals surface area contributed by atoms with E-state index in [1.54, 1.807) is 10.8 Å². The molecule has 0 aromatic carbocycles. The average Bonchev–Trinajstić information content (AvgIpc) is 2.44. The standard InChI is InChI=1S/C17H22N2O/c1-10(2)16-8-7-15(9-18-16)19-14(6)12(4)11(3)13(5)17(19)20/h7-10H,1-6H3. The van der Waals surface area contributed by atoms with Gasteiger partial charge in [-0.1, -0.05) is 13.8 Å². The zero-order valence-electron chi connectivity index (χ0n) is 13.1. The van der Waals surface area contributed by atoms with E-state index in [1.165, 1.54) is 0 Å². The summed E-state index contributed by atoms with van der Waals surface area (Å²) in [5.41, 5.74) is 5.96. The molecular formula is C17H22N2O. The molecule has 106 valence electrons. The summed E-state index contributed by atoms with van der Waals surface area (Å²) >= 11 is 0. The summed E-state index contributed by atoms with van der Waals surface area (Å²) in [7, 11) is 0. The van der Waals surface area contributed by atoms with Crippen LogP contribution in [0, 0.1) is 27.7 Å². The zero-order chi connectivity index (χ0) is 15.0. The monoisotopic (exact) mass is 270 g/mol. The quantitative estimate of drug-likeness (QED) is 0.836. The van der Waals surface area contributed by atoms with Crippen LogP contribution in [-0.2, 0) is 0 Å². The van der Waals surface area contributed by atoms with Crippen LogP contribution in [0.3, 0.4) is 0 Å². The number of nitrogens with zero attached hydrogens (tertiary/aromatic N) is 2. The minimum Gasteiger partial charge on any atom is -0.280 e. The summed E-state index contributed by atoms with van der Waals surface area (Å²) in [6, 6.07) is 3.97. The van der Waals surface area contributed by atoms with Crippen molar-refractivity contribution in [2.45, 2.75) is 47.5 Å². The first-order valence-corrected chi connectivity index (χ1v) is 7.00. The van der Waals surface area contributed by atoms with Crippen molar-refractivity contribution in [3.63, 3.8) is 0 Å². The smallest absolute Gasteiger partial charge is 0.258 e. The second-order valence-electron chi connectivity index (χ2n) is 5.70. The highest BCUT2D eigenvalue weighted by atomic mass is 16.1. The summed E-state index contributed by atoms with van der Waals surface area (Å²) in [5, 5.41) is 0. The van der Waals surface area contributed by atoms with Gasteiger partial charge in [0.2, 0.25) is 0 Å². The van der Waals surface area contributed by atoms with Gasteiger partial charge in [0.25, 0.3) is 5.56 Å². The highest BCUT2D eigenvalue weighted by Crippen LogP contribution is 2.18. The van der Waals surface area contributed by atoms with E-state index in [4.69, 9.17) is 0 Å². The molecule has 0 saturated heterocycles. The van der Waals surface area contributed by atoms with Crippen molar-refractivity contribution < 1.29 is 0 Å². The van der Waals surface area contributed by atoms with Crippen LogP contribution >= 0.6 is 0 Å². The lowest BCUT2D eigenvalue weighted by Crippen LogP contribution is -2.25. The van der Waals surface area contributed by atoms with Crippen LogP contribution in [0.15, 0.2) is 23.1 Å². The SMILES string of the molecule is Cc1c(C)c(C)n(-c2ccc(C(C)C)nc2)c(=O)c1C. The van der Waals surface area contributed by atoms with Crippen LogP contribution in [0.4, 0.5) is 0 Å². The normalized spacial score (nSPS) is 11.2. The molecule has 0 fully saturated rings. The third kappa shape index (κ3) is 2.28. The molecule has 0 bridgehead atoms. The van der Waals surface area contributed by atoms with E-state index < -0.39 is 0 Å². The summed E-state index contributed by atoms with van der Waals surface area (Å²) in [5.74, 6) is 0.392. The first-order valence-electron chi connectivity index (χ1n) is 7.00. The van der Waals surface area contributed by atoms with Crippen molar-refractivity contribution >= 4 is 0 Å². The van der Waals surface area contributed by atoms with Gasteiger partial charge < -0.3 is 0 Å². The van der Waals surface area contributed by atoms with Crippen molar-refractivity contribution in [2.75, 3.05) is 0 Å². The Morgan fingerprint density at radius 2 is 1.65 bits per heavy atom. The summed E-state index contributed by atoms with van der Waals surface area (Å²) in [4.78, 5) is 17.0. The van der Waals surface area contributed by atoms with Crippen molar-refractivity contribution in [3.05, 3.63) is 56.8 Å². The van der Waals surface area contributed by atoms with Crippen LogP contribution in [0.25, 0.3) is 5.69 Å². The van der Waals surface area contributed by atoms with Crippen LogP contribution in [0.2, 0.25) is 0 Å². The van der Waals surface area contributed by atoms with E-state index in [-0.39, 0.29) is 5.56 Å². The Bertz CT molecular complexity index is 694. The fourth-order valence-corrected chi connectivity index (χ4v) is 2.38. The zero-order valence-corrected chi connectivity index (χ0v) is 13.1. The number of pyridine rings is 2. The van der Waals surface area contributed by atoms with Crippen molar-refractivity contribution in [2.24, 2.45) is 0 Å². The minimum atomic E-state index is 0.0460. The van der Waals surface area contributed by atoms with E-state index >= 15 is 0 Å². The molecule has 0 spiro atoms. The third-order valence-corrected chi connectivity index (χ3v) is 4.15. The molecule has 0 N–H and O–H groups in total. The molecule has 0 atom stereocenters. The Morgan fingerprint density at radius 1 is 1.00 bits per heavy atom. The van der Waals surface area contributed by atoms with Crippen molar-refractivity contribution in [3.8, 4) is 5.69 Å². The molecule has 3 heteroatoms. The molecule has 2 aromatic heterocycles. The number of hydrogen-bond acceptors (Lipinski definition) is 2. The second kappa shape index (κ2) is 5.23. The lowest BCUT2D eigenvalue weighted by molar-refractivity contribution is 0.813. The van der Waals surface area contributed by atoms with Gasteiger partial charge in [-0.15, -0.1) is 0 Å². The minimum absolute atomic E-state index is 0.0460. The van der Waals surface area contributed by atoms with Gasteiger partial charge in [-0.2, -0.15) is 0 Å². The molecule has 0 unspecified atom stereocenters. The predicted molar refractivity (Wildman–Crippen MR) is 82.9 cm³/mol. The predicted octanol–water partition coefficient (Wildman–Crippen LogP) is 3.59. The molecule has 0 aliphatic heterocycles. The molecular weight excluding hydrogens is 248 g/mol. The Morgan fingerprint density at radius 3 is 2.15 bits per heavy atom. The second-order valence-corrected chi connectivity index (χ2v) is 5.70. The van der Waals surface area contributed by atoms with Gasteiger partial charge in [-0.3, -0.25) is 14.3 Å². The first-order chi connectivity index (χ1) is 9.34. The fraction of sp³-hybridized carbons (Fsp3) is 0.412. The van der Waals surface area contributed by atoms with Crippen LogP contribution in [0.1, 0.15) is 47.8 Å². The van der Waals surface area contributed by atoms with Crippen molar-refractivity contribution in [1.29, 1.82) is 0 Å². The molecule has 2 rings (SSSR count). The fourth-order valence-electron chi connectivity index (χ4n) is 2.38. The highest BCUT2D eigenvalue weighted by Gasteiger charge is 2.13. The van der Waals surface area contributed by atoms with Gasteiger partial charge in [0.1, 0.15) is 0 Å². The largest absolute Gasteiger partial charge is 0.280 e. The van der Waals surface area contributed by atoms with Crippen LogP contribution in [-0.4, -0.2) is 9.55 Å². The van der Waals surface area contributed by atoms with Gasteiger partial charge in [-0.05, 0) is 56.9 Å². The molecule has 2 heterocycles. The van der Waals surface area contributed by atoms with Crippen LogP contribution in [0.5, 0.6) is 0 Å². The topological polar surface area (TPSA) is 34.9 Å². The Kier molecular flexibility index (Phi) is 3.80. The van der Waals surface area contributed by atoms with E-state index in [1.807, 2.05) is 32.9 Å². The van der Waals surface area contributed by atoms with E-state index in [0.717, 1.165) is 33.8 Å². The lowest BCUT2D eigenvalue weighted by Gasteiger charge is -2.16. The number of aromatic nitrogens is 2. The Balaban J connectivity index is 2.67. The molecule has 0 aliphatic rings. The van der Waals surface area contributed by atoms with Gasteiger partial charge in [-0.25, -0.2) is 0 Å². The molecule has 3 nitrogen and oxygen atoms in total. The molecule has 0 aliphatic carbocycles. The average molecular weight is 270 g/mol. The third-order valence-electron chi connectivity index (χ3n) is 4.15. The number of hydrogen-bond donors (Lipinski definition) is 0. The summed E-state index contributed by atoms with van der Waals surface area (Å²) in [6.07, 6.45) is 1.79. The highest BCUT2D eigenvalue weighted by molar-refractivity contribution is 5.41. The molecule has 2 aromatic rings. The van der Waals surface area contributed by atoms with Gasteiger partial charge in [0.15, 0.2) is 0 Å². The lowest BCUT2D eigenvalue weighted by atomic mass is 10.0.